The van der Waals surface area contributed by atoms with Gasteiger partial charge in [-0.25, -0.2) is 0 Å². The average molecular weight is 408 g/mol. The quantitative estimate of drug-likeness (QED) is 0.292. The highest BCUT2D eigenvalue weighted by molar-refractivity contribution is 5.97. The summed E-state index contributed by atoms with van der Waals surface area (Å²) in [6, 6.07) is 11.3. The summed E-state index contributed by atoms with van der Waals surface area (Å²) < 4.78 is 49.5. The summed E-state index contributed by atoms with van der Waals surface area (Å²) in [5.74, 6) is -0.279. The van der Waals surface area contributed by atoms with Crippen LogP contribution in [0.1, 0.15) is 54.1 Å². The first kappa shape index (κ1) is 22.5. The van der Waals surface area contributed by atoms with Gasteiger partial charge in [-0.15, -0.1) is 0 Å². The molecule has 0 saturated heterocycles. The van der Waals surface area contributed by atoms with E-state index in [4.69, 9.17) is 9.47 Å². The Hall–Kier alpha value is -2.83. The summed E-state index contributed by atoms with van der Waals surface area (Å²) in [6.07, 6.45) is -2.70. The molecule has 0 saturated carbocycles. The number of Topliss-reactive ketones (excluding diaryl/α,β-unsaturated/α-hetero) is 1. The Morgan fingerprint density at radius 3 is 2.31 bits per heavy atom. The van der Waals surface area contributed by atoms with E-state index in [2.05, 4.69) is 0 Å². The first-order valence-corrected chi connectivity index (χ1v) is 9.38. The van der Waals surface area contributed by atoms with Crippen LogP contribution in [0.5, 0.6) is 5.75 Å². The number of ether oxygens (including phenoxy) is 2. The lowest BCUT2D eigenvalue weighted by atomic mass is 10.1. The molecular weight excluding hydrogens is 385 g/mol. The number of esters is 1. The molecule has 29 heavy (non-hydrogen) atoms. The summed E-state index contributed by atoms with van der Waals surface area (Å²) >= 11 is 0. The molecule has 156 valence electrons. The first-order chi connectivity index (χ1) is 13.8. The van der Waals surface area contributed by atoms with E-state index in [1.807, 2.05) is 6.92 Å². The molecule has 0 aliphatic rings. The van der Waals surface area contributed by atoms with Gasteiger partial charge in [-0.1, -0.05) is 31.5 Å². The Bertz CT molecular complexity index is 814. The van der Waals surface area contributed by atoms with E-state index in [0.717, 1.165) is 18.9 Å². The smallest absolute Gasteiger partial charge is 0.416 e. The van der Waals surface area contributed by atoms with E-state index in [-0.39, 0.29) is 30.8 Å². The Kier molecular flexibility index (Phi) is 8.24. The zero-order chi connectivity index (χ0) is 21.3. The molecular formula is C22H23F3O4. The monoisotopic (exact) mass is 408 g/mol. The van der Waals surface area contributed by atoms with Gasteiger partial charge in [-0.2, -0.15) is 13.2 Å². The minimum absolute atomic E-state index is 0.00895. The number of carbonyl (C=O) groups is 2. The van der Waals surface area contributed by atoms with Crippen molar-refractivity contribution in [1.82, 2.24) is 0 Å². The molecule has 0 aromatic heterocycles. The summed E-state index contributed by atoms with van der Waals surface area (Å²) in [6.45, 7) is 2.10. The number of hydrogen-bond donors (Lipinski definition) is 0. The summed E-state index contributed by atoms with van der Waals surface area (Å²) in [5, 5.41) is 0. The van der Waals surface area contributed by atoms with Gasteiger partial charge in [0.1, 0.15) is 12.4 Å². The molecule has 2 aromatic carbocycles. The lowest BCUT2D eigenvalue weighted by Crippen LogP contribution is -2.10. The predicted octanol–water partition coefficient (Wildman–Crippen LogP) is 5.59. The van der Waals surface area contributed by atoms with Crippen LogP contribution in [-0.4, -0.2) is 18.4 Å². The Balaban J connectivity index is 1.88. The van der Waals surface area contributed by atoms with Gasteiger partial charge in [-0.05, 0) is 36.8 Å². The maximum Gasteiger partial charge on any atom is 0.416 e. The van der Waals surface area contributed by atoms with Crippen molar-refractivity contribution in [3.63, 3.8) is 0 Å². The number of unbranched alkanes of at least 4 members (excludes halogenated alkanes) is 1. The van der Waals surface area contributed by atoms with Crippen molar-refractivity contribution < 1.29 is 32.2 Å². The molecule has 0 aliphatic heterocycles. The van der Waals surface area contributed by atoms with Gasteiger partial charge in [0.05, 0.1) is 18.6 Å². The van der Waals surface area contributed by atoms with Crippen molar-refractivity contribution in [2.75, 3.05) is 6.61 Å². The molecule has 4 nitrogen and oxygen atoms in total. The van der Waals surface area contributed by atoms with E-state index in [1.165, 1.54) is 42.5 Å². The molecule has 0 heterocycles. The summed E-state index contributed by atoms with van der Waals surface area (Å²) in [7, 11) is 0. The molecule has 0 spiro atoms. The molecule has 0 radical (unpaired) electrons. The zero-order valence-electron chi connectivity index (χ0n) is 16.1. The number of ketones is 1. The number of hydrogen-bond acceptors (Lipinski definition) is 4. The first-order valence-electron chi connectivity index (χ1n) is 9.38. The van der Waals surface area contributed by atoms with Crippen LogP contribution >= 0.6 is 0 Å². The molecule has 7 heteroatoms. The van der Waals surface area contributed by atoms with Gasteiger partial charge in [0.25, 0.3) is 0 Å². The standard InChI is InChI=1S/C22H23F3O4/c1-2-3-14-28-21(27)13-12-20(26)16-8-10-18(11-9-16)29-15-17-6-4-5-7-19(17)22(23,24)25/h4-11H,2-3,12-15H2,1H3. The van der Waals surface area contributed by atoms with E-state index < -0.39 is 17.7 Å². The molecule has 2 aromatic rings. The van der Waals surface area contributed by atoms with Crippen molar-refractivity contribution >= 4 is 11.8 Å². The molecule has 0 fully saturated rings. The number of carbonyl (C=O) groups excluding carboxylic acids is 2. The predicted molar refractivity (Wildman–Crippen MR) is 102 cm³/mol. The van der Waals surface area contributed by atoms with Crippen molar-refractivity contribution in [3.05, 3.63) is 65.2 Å². The van der Waals surface area contributed by atoms with Crippen LogP contribution in [0.3, 0.4) is 0 Å². The number of rotatable bonds is 10. The van der Waals surface area contributed by atoms with Gasteiger partial charge in [0.15, 0.2) is 5.78 Å². The fourth-order valence-corrected chi connectivity index (χ4v) is 2.58. The van der Waals surface area contributed by atoms with Gasteiger partial charge in [-0.3, -0.25) is 9.59 Å². The average Bonchev–Trinajstić information content (AvgIpc) is 2.70. The van der Waals surface area contributed by atoms with Crippen LogP contribution in [0.4, 0.5) is 13.2 Å². The normalized spacial score (nSPS) is 11.2. The minimum Gasteiger partial charge on any atom is -0.489 e. The van der Waals surface area contributed by atoms with Crippen LogP contribution in [-0.2, 0) is 22.3 Å². The molecule has 0 N–H and O–H groups in total. The second-order valence-electron chi connectivity index (χ2n) is 6.47. The number of halogens is 3. The third-order valence-electron chi connectivity index (χ3n) is 4.21. The fraction of sp³-hybridized carbons (Fsp3) is 0.364. The Morgan fingerprint density at radius 1 is 0.966 bits per heavy atom. The van der Waals surface area contributed by atoms with E-state index >= 15 is 0 Å². The van der Waals surface area contributed by atoms with Gasteiger partial charge >= 0.3 is 12.1 Å². The van der Waals surface area contributed by atoms with E-state index in [9.17, 15) is 22.8 Å². The summed E-state index contributed by atoms with van der Waals surface area (Å²) in [5.41, 5.74) is -0.311. The fourth-order valence-electron chi connectivity index (χ4n) is 2.58. The van der Waals surface area contributed by atoms with Crippen molar-refractivity contribution in [1.29, 1.82) is 0 Å². The van der Waals surface area contributed by atoms with Crippen molar-refractivity contribution in [2.24, 2.45) is 0 Å². The highest BCUT2D eigenvalue weighted by atomic mass is 19.4. The number of alkyl halides is 3. The van der Waals surface area contributed by atoms with Gasteiger partial charge < -0.3 is 9.47 Å². The van der Waals surface area contributed by atoms with Crippen LogP contribution in [0.15, 0.2) is 48.5 Å². The Morgan fingerprint density at radius 2 is 1.66 bits per heavy atom. The number of benzene rings is 2. The minimum atomic E-state index is -4.45. The SMILES string of the molecule is CCCCOC(=O)CCC(=O)c1ccc(OCc2ccccc2C(F)(F)F)cc1. The Labute approximate surface area is 167 Å². The van der Waals surface area contributed by atoms with Crippen LogP contribution in [0.2, 0.25) is 0 Å². The van der Waals surface area contributed by atoms with Crippen LogP contribution < -0.4 is 4.74 Å². The maximum atomic E-state index is 13.0. The van der Waals surface area contributed by atoms with E-state index in [1.54, 1.807) is 0 Å². The molecule has 0 atom stereocenters. The molecule has 0 bridgehead atoms. The van der Waals surface area contributed by atoms with Gasteiger partial charge in [0.2, 0.25) is 0 Å². The maximum absolute atomic E-state index is 13.0. The highest BCUT2D eigenvalue weighted by Gasteiger charge is 2.32. The third-order valence-corrected chi connectivity index (χ3v) is 4.21. The highest BCUT2D eigenvalue weighted by Crippen LogP contribution is 2.32. The molecule has 0 aliphatic carbocycles. The largest absolute Gasteiger partial charge is 0.489 e. The zero-order valence-corrected chi connectivity index (χ0v) is 16.1. The second-order valence-corrected chi connectivity index (χ2v) is 6.47. The van der Waals surface area contributed by atoms with Gasteiger partial charge in [0, 0.05) is 17.5 Å². The molecule has 2 rings (SSSR count). The topological polar surface area (TPSA) is 52.6 Å². The van der Waals surface area contributed by atoms with Crippen molar-refractivity contribution in [2.45, 2.75) is 45.4 Å². The lowest BCUT2D eigenvalue weighted by molar-refractivity contribution is -0.143. The second kappa shape index (κ2) is 10.6. The summed E-state index contributed by atoms with van der Waals surface area (Å²) in [4.78, 5) is 23.7. The van der Waals surface area contributed by atoms with Crippen LogP contribution in [0, 0.1) is 0 Å². The molecule has 0 unspecified atom stereocenters. The molecule has 0 amide bonds. The van der Waals surface area contributed by atoms with Crippen LogP contribution in [0.25, 0.3) is 0 Å². The lowest BCUT2D eigenvalue weighted by Gasteiger charge is -2.13. The third kappa shape index (κ3) is 7.25. The van der Waals surface area contributed by atoms with E-state index in [0.29, 0.717) is 17.9 Å². The van der Waals surface area contributed by atoms with Crippen molar-refractivity contribution in [3.8, 4) is 5.75 Å².